The van der Waals surface area contributed by atoms with Crippen molar-refractivity contribution in [2.45, 2.75) is 20.4 Å². The summed E-state index contributed by atoms with van der Waals surface area (Å²) in [6.45, 7) is 5.67. The number of benzene rings is 2. The van der Waals surface area contributed by atoms with E-state index in [-0.39, 0.29) is 5.63 Å². The van der Waals surface area contributed by atoms with Crippen LogP contribution in [0.4, 0.5) is 0 Å². The largest absolute Gasteiger partial charge is 0.492 e. The summed E-state index contributed by atoms with van der Waals surface area (Å²) in [6, 6.07) is 13.1. The van der Waals surface area contributed by atoms with Crippen molar-refractivity contribution >= 4 is 22.6 Å². The Morgan fingerprint density at radius 3 is 2.64 bits per heavy atom. The molecule has 0 amide bonds. The van der Waals surface area contributed by atoms with Crippen molar-refractivity contribution in [1.29, 1.82) is 0 Å². The maximum absolute atomic E-state index is 11.7. The van der Waals surface area contributed by atoms with Crippen molar-refractivity contribution in [2.24, 2.45) is 0 Å². The van der Waals surface area contributed by atoms with Crippen LogP contribution in [0, 0.1) is 13.8 Å². The first-order chi connectivity index (χ1) is 12.0. The molecule has 0 fully saturated rings. The number of aryl methyl sites for hydroxylation is 2. The maximum Gasteiger partial charge on any atom is 0.336 e. The van der Waals surface area contributed by atoms with E-state index in [2.05, 4.69) is 5.32 Å². The molecule has 3 rings (SSSR count). The van der Waals surface area contributed by atoms with Gasteiger partial charge in [0, 0.05) is 29.6 Å². The van der Waals surface area contributed by atoms with Crippen molar-refractivity contribution in [1.82, 2.24) is 5.32 Å². The second kappa shape index (κ2) is 7.72. The minimum Gasteiger partial charge on any atom is -0.492 e. The van der Waals surface area contributed by atoms with Crippen molar-refractivity contribution in [3.8, 4) is 5.75 Å². The lowest BCUT2D eigenvalue weighted by molar-refractivity contribution is 0.313. The van der Waals surface area contributed by atoms with Crippen molar-refractivity contribution in [3.05, 3.63) is 74.6 Å². The second-order valence-corrected chi connectivity index (χ2v) is 6.43. The van der Waals surface area contributed by atoms with Crippen LogP contribution in [0.1, 0.15) is 16.7 Å². The van der Waals surface area contributed by atoms with Crippen molar-refractivity contribution in [2.75, 3.05) is 13.2 Å². The summed E-state index contributed by atoms with van der Waals surface area (Å²) in [5, 5.41) is 4.80. The van der Waals surface area contributed by atoms with Gasteiger partial charge in [0.05, 0.1) is 0 Å². The van der Waals surface area contributed by atoms with Gasteiger partial charge in [-0.25, -0.2) is 4.79 Å². The third kappa shape index (κ3) is 4.41. The van der Waals surface area contributed by atoms with Crippen LogP contribution in [0.5, 0.6) is 5.75 Å². The molecular formula is C20H20ClNO3. The fourth-order valence-corrected chi connectivity index (χ4v) is 2.76. The Balaban J connectivity index is 1.62. The average Bonchev–Trinajstić information content (AvgIpc) is 2.58. The van der Waals surface area contributed by atoms with E-state index in [1.165, 1.54) is 11.6 Å². The molecule has 0 radical (unpaired) electrons. The summed E-state index contributed by atoms with van der Waals surface area (Å²) in [4.78, 5) is 11.7. The van der Waals surface area contributed by atoms with Gasteiger partial charge < -0.3 is 14.5 Å². The van der Waals surface area contributed by atoms with E-state index in [0.29, 0.717) is 30.3 Å². The lowest BCUT2D eigenvalue weighted by Crippen LogP contribution is -2.21. The lowest BCUT2D eigenvalue weighted by Gasteiger charge is -2.10. The van der Waals surface area contributed by atoms with Crippen LogP contribution in [0.15, 0.2) is 51.7 Å². The van der Waals surface area contributed by atoms with Crippen molar-refractivity contribution < 1.29 is 9.15 Å². The summed E-state index contributed by atoms with van der Waals surface area (Å²) in [5.41, 5.74) is 3.15. The molecule has 0 aliphatic carbocycles. The number of ether oxygens (including phenoxy) is 1. The summed E-state index contributed by atoms with van der Waals surface area (Å²) >= 11 is 6.20. The molecule has 0 saturated heterocycles. The Labute approximate surface area is 151 Å². The molecule has 0 saturated carbocycles. The third-order valence-electron chi connectivity index (χ3n) is 3.99. The van der Waals surface area contributed by atoms with E-state index in [1.54, 1.807) is 6.07 Å². The molecule has 25 heavy (non-hydrogen) atoms. The van der Waals surface area contributed by atoms with Crippen LogP contribution >= 0.6 is 11.6 Å². The minimum absolute atomic E-state index is 0.359. The van der Waals surface area contributed by atoms with Gasteiger partial charge in [-0.1, -0.05) is 29.3 Å². The molecule has 0 aliphatic rings. The van der Waals surface area contributed by atoms with E-state index in [9.17, 15) is 4.79 Å². The van der Waals surface area contributed by atoms with E-state index >= 15 is 0 Å². The van der Waals surface area contributed by atoms with Gasteiger partial charge in [0.25, 0.3) is 0 Å². The topological polar surface area (TPSA) is 51.5 Å². The van der Waals surface area contributed by atoms with Gasteiger partial charge in [-0.05, 0) is 49.2 Å². The van der Waals surface area contributed by atoms with E-state index in [4.69, 9.17) is 20.8 Å². The Hall–Kier alpha value is -2.30. The van der Waals surface area contributed by atoms with Crippen LogP contribution in [-0.4, -0.2) is 13.2 Å². The number of halogens is 1. The Bertz CT molecular complexity index is 932. The Morgan fingerprint density at radius 2 is 1.88 bits per heavy atom. The fraction of sp³-hybridized carbons (Fsp3) is 0.250. The Morgan fingerprint density at radius 1 is 1.12 bits per heavy atom. The summed E-state index contributed by atoms with van der Waals surface area (Å²) in [7, 11) is 0. The first-order valence-corrected chi connectivity index (χ1v) is 8.54. The second-order valence-electron chi connectivity index (χ2n) is 6.03. The molecule has 4 nitrogen and oxygen atoms in total. The average molecular weight is 358 g/mol. The number of rotatable bonds is 6. The number of nitrogens with one attached hydrogen (secondary N) is 1. The van der Waals surface area contributed by atoms with Crippen LogP contribution in [0.2, 0.25) is 5.02 Å². The zero-order valence-corrected chi connectivity index (χ0v) is 15.0. The third-order valence-corrected chi connectivity index (χ3v) is 4.40. The maximum atomic E-state index is 11.7. The smallest absolute Gasteiger partial charge is 0.336 e. The van der Waals surface area contributed by atoms with Gasteiger partial charge in [0.2, 0.25) is 0 Å². The van der Waals surface area contributed by atoms with E-state index in [1.807, 2.05) is 44.2 Å². The van der Waals surface area contributed by atoms with Crippen LogP contribution in [0.3, 0.4) is 0 Å². The highest BCUT2D eigenvalue weighted by Crippen LogP contribution is 2.25. The quantitative estimate of drug-likeness (QED) is 0.529. The zero-order valence-electron chi connectivity index (χ0n) is 14.3. The zero-order chi connectivity index (χ0) is 17.8. The van der Waals surface area contributed by atoms with Gasteiger partial charge in [0.15, 0.2) is 0 Å². The molecule has 0 unspecified atom stereocenters. The predicted octanol–water partition coefficient (Wildman–Crippen LogP) is 4.23. The fourth-order valence-electron chi connectivity index (χ4n) is 2.59. The van der Waals surface area contributed by atoms with Gasteiger partial charge in [-0.3, -0.25) is 0 Å². The molecule has 1 aromatic heterocycles. The van der Waals surface area contributed by atoms with Gasteiger partial charge in [-0.2, -0.15) is 0 Å². The number of hydrogen-bond donors (Lipinski definition) is 1. The molecule has 5 heteroatoms. The monoisotopic (exact) mass is 357 g/mol. The minimum atomic E-state index is -0.359. The molecule has 0 atom stereocenters. The molecule has 1 heterocycles. The first-order valence-electron chi connectivity index (χ1n) is 8.16. The number of fused-ring (bicyclic) bond motifs is 1. The standard InChI is InChI=1S/C20H20ClNO3/c1-13-3-5-16(6-4-13)24-8-7-22-12-15-10-20(23)25-19-9-14(2)18(21)11-17(15)19/h3-6,9-11,22H,7-8,12H2,1-2H3. The summed E-state index contributed by atoms with van der Waals surface area (Å²) in [6.07, 6.45) is 0. The van der Waals surface area contributed by atoms with Crippen LogP contribution in [-0.2, 0) is 6.54 Å². The van der Waals surface area contributed by atoms with Gasteiger partial charge in [0.1, 0.15) is 17.9 Å². The van der Waals surface area contributed by atoms with Gasteiger partial charge >= 0.3 is 5.63 Å². The molecule has 2 aromatic carbocycles. The van der Waals surface area contributed by atoms with E-state index in [0.717, 1.165) is 22.3 Å². The Kier molecular flexibility index (Phi) is 5.41. The molecule has 3 aromatic rings. The number of hydrogen-bond acceptors (Lipinski definition) is 4. The van der Waals surface area contributed by atoms with Crippen LogP contribution in [0.25, 0.3) is 11.0 Å². The highest BCUT2D eigenvalue weighted by atomic mass is 35.5. The van der Waals surface area contributed by atoms with Gasteiger partial charge in [-0.15, -0.1) is 0 Å². The molecule has 0 bridgehead atoms. The van der Waals surface area contributed by atoms with E-state index < -0.39 is 0 Å². The van der Waals surface area contributed by atoms with Crippen molar-refractivity contribution in [3.63, 3.8) is 0 Å². The highest BCUT2D eigenvalue weighted by Gasteiger charge is 2.08. The molecule has 130 valence electrons. The molecular weight excluding hydrogens is 338 g/mol. The SMILES string of the molecule is Cc1ccc(OCCNCc2cc(=O)oc3cc(C)c(Cl)cc23)cc1. The summed E-state index contributed by atoms with van der Waals surface area (Å²) in [5.74, 6) is 0.848. The first kappa shape index (κ1) is 17.5. The summed E-state index contributed by atoms with van der Waals surface area (Å²) < 4.78 is 10.9. The molecule has 0 aliphatic heterocycles. The van der Waals surface area contributed by atoms with Crippen LogP contribution < -0.4 is 15.7 Å². The molecule has 0 spiro atoms. The predicted molar refractivity (Wildman–Crippen MR) is 101 cm³/mol. The normalized spacial score (nSPS) is 11.0. The molecule has 1 N–H and O–H groups in total. The highest BCUT2D eigenvalue weighted by molar-refractivity contribution is 6.32. The lowest BCUT2D eigenvalue weighted by atomic mass is 10.1.